The molecule has 5 heteroatoms. The topological polar surface area (TPSA) is 59.4 Å². The molecule has 0 aliphatic heterocycles. The van der Waals surface area contributed by atoms with Gasteiger partial charge in [0.05, 0.1) is 17.5 Å². The van der Waals surface area contributed by atoms with Gasteiger partial charge in [0.25, 0.3) is 0 Å². The average molecular weight is 287 g/mol. The predicted molar refractivity (Wildman–Crippen MR) is 73.5 cm³/mol. The number of aliphatic carboxylic acids is 1. The van der Waals surface area contributed by atoms with Crippen molar-refractivity contribution >= 4 is 16.9 Å². The van der Waals surface area contributed by atoms with Crippen molar-refractivity contribution in [3.63, 3.8) is 0 Å². The highest BCUT2D eigenvalue weighted by atomic mass is 19.1. The molecule has 4 atom stereocenters. The van der Waals surface area contributed by atoms with Crippen molar-refractivity contribution in [3.05, 3.63) is 36.3 Å². The molecule has 4 rings (SSSR count). The Morgan fingerprint density at radius 1 is 1.29 bits per heavy atom. The highest BCUT2D eigenvalue weighted by molar-refractivity contribution is 5.84. The number of nitrogens with zero attached hydrogens (tertiary/aromatic N) is 1. The Hall–Kier alpha value is -2.17. The van der Waals surface area contributed by atoms with Gasteiger partial charge in [-0.3, -0.25) is 9.78 Å². The summed E-state index contributed by atoms with van der Waals surface area (Å²) in [7, 11) is 0. The van der Waals surface area contributed by atoms with E-state index >= 15 is 0 Å². The second kappa shape index (κ2) is 4.41. The molecule has 2 aliphatic carbocycles. The molecular weight excluding hydrogens is 273 g/mol. The zero-order valence-corrected chi connectivity index (χ0v) is 11.2. The molecule has 2 saturated carbocycles. The number of halogens is 1. The molecule has 1 N–H and O–H groups in total. The Morgan fingerprint density at radius 3 is 2.76 bits per heavy atom. The molecule has 0 amide bonds. The molecule has 1 aromatic heterocycles. The Kier molecular flexibility index (Phi) is 2.64. The van der Waals surface area contributed by atoms with E-state index in [4.69, 9.17) is 9.84 Å². The van der Waals surface area contributed by atoms with Gasteiger partial charge in [-0.1, -0.05) is 0 Å². The van der Waals surface area contributed by atoms with E-state index in [2.05, 4.69) is 4.98 Å². The van der Waals surface area contributed by atoms with E-state index in [1.54, 1.807) is 18.3 Å². The lowest BCUT2D eigenvalue weighted by Crippen LogP contribution is -2.18. The number of fused-ring (bicyclic) bond motifs is 2. The van der Waals surface area contributed by atoms with Gasteiger partial charge in [-0.15, -0.1) is 0 Å². The van der Waals surface area contributed by atoms with Crippen molar-refractivity contribution in [1.82, 2.24) is 4.98 Å². The number of carboxylic acid groups (broad SMARTS) is 1. The summed E-state index contributed by atoms with van der Waals surface area (Å²) in [4.78, 5) is 15.2. The van der Waals surface area contributed by atoms with Crippen molar-refractivity contribution in [2.75, 3.05) is 0 Å². The van der Waals surface area contributed by atoms with Gasteiger partial charge in [0.15, 0.2) is 0 Å². The summed E-state index contributed by atoms with van der Waals surface area (Å²) >= 11 is 0. The highest BCUT2D eigenvalue weighted by Crippen LogP contribution is 2.58. The van der Waals surface area contributed by atoms with Crippen LogP contribution in [0, 0.1) is 23.6 Å². The summed E-state index contributed by atoms with van der Waals surface area (Å²) in [6.45, 7) is 0. The molecule has 2 aromatic rings. The molecule has 2 fully saturated rings. The molecule has 0 radical (unpaired) electrons. The first kappa shape index (κ1) is 12.6. The lowest BCUT2D eigenvalue weighted by molar-refractivity contribution is -0.139. The fourth-order valence-electron chi connectivity index (χ4n) is 3.63. The first-order valence-electron chi connectivity index (χ1n) is 7.07. The number of aromatic nitrogens is 1. The molecule has 4 nitrogen and oxygen atoms in total. The summed E-state index contributed by atoms with van der Waals surface area (Å²) in [5, 5.41) is 9.68. The molecule has 1 heterocycles. The van der Waals surface area contributed by atoms with E-state index in [0.29, 0.717) is 16.7 Å². The van der Waals surface area contributed by atoms with E-state index in [9.17, 15) is 9.18 Å². The Labute approximate surface area is 120 Å². The maximum atomic E-state index is 13.4. The minimum Gasteiger partial charge on any atom is -0.490 e. The van der Waals surface area contributed by atoms with Gasteiger partial charge < -0.3 is 9.84 Å². The van der Waals surface area contributed by atoms with Gasteiger partial charge in [-0.25, -0.2) is 4.39 Å². The van der Waals surface area contributed by atoms with Crippen LogP contribution in [0.25, 0.3) is 10.9 Å². The molecule has 1 aromatic carbocycles. The average Bonchev–Trinajstić information content (AvgIpc) is 2.97. The van der Waals surface area contributed by atoms with Gasteiger partial charge in [0.2, 0.25) is 0 Å². The lowest BCUT2D eigenvalue weighted by Gasteiger charge is -2.17. The normalized spacial score (nSPS) is 30.1. The molecule has 108 valence electrons. The number of benzene rings is 1. The van der Waals surface area contributed by atoms with Crippen LogP contribution >= 0.6 is 0 Å². The molecule has 21 heavy (non-hydrogen) atoms. The summed E-state index contributed by atoms with van der Waals surface area (Å²) in [6, 6.07) is 6.17. The summed E-state index contributed by atoms with van der Waals surface area (Å²) in [5.74, 6) is -0.0794. The standard InChI is InChI=1S/C16H14FNO3/c17-8-1-2-13-12(5-8)14(3-4-18-13)21-9-6-10-11(7-9)15(10)16(19)20/h1-5,9-11,15H,6-7H2,(H,19,20)/t9-,10+,11-,15-. The molecular formula is C16H14FNO3. The van der Waals surface area contributed by atoms with Crippen molar-refractivity contribution in [1.29, 1.82) is 0 Å². The number of ether oxygens (including phenoxy) is 1. The largest absolute Gasteiger partial charge is 0.490 e. The monoisotopic (exact) mass is 287 g/mol. The summed E-state index contributed by atoms with van der Waals surface area (Å²) in [6.07, 6.45) is 3.19. The third-order valence-corrected chi connectivity index (χ3v) is 4.64. The molecule has 2 aliphatic rings. The Morgan fingerprint density at radius 2 is 2.05 bits per heavy atom. The van der Waals surface area contributed by atoms with Crippen LogP contribution in [0.4, 0.5) is 4.39 Å². The zero-order chi connectivity index (χ0) is 14.6. The third kappa shape index (κ3) is 2.04. The van der Waals surface area contributed by atoms with E-state index in [-0.39, 0.29) is 29.7 Å². The van der Waals surface area contributed by atoms with Crippen LogP contribution < -0.4 is 4.74 Å². The maximum absolute atomic E-state index is 13.4. The minimum absolute atomic E-state index is 0.0180. The highest BCUT2D eigenvalue weighted by Gasteiger charge is 2.60. The summed E-state index contributed by atoms with van der Waals surface area (Å²) < 4.78 is 19.4. The van der Waals surface area contributed by atoms with E-state index in [0.717, 1.165) is 12.8 Å². The van der Waals surface area contributed by atoms with Crippen LogP contribution in [0.2, 0.25) is 0 Å². The zero-order valence-electron chi connectivity index (χ0n) is 11.2. The first-order valence-corrected chi connectivity index (χ1v) is 7.07. The van der Waals surface area contributed by atoms with E-state index in [1.165, 1.54) is 12.1 Å². The second-order valence-electron chi connectivity index (χ2n) is 5.87. The first-order chi connectivity index (χ1) is 10.1. The number of hydrogen-bond donors (Lipinski definition) is 1. The predicted octanol–water partition coefficient (Wildman–Crippen LogP) is 2.86. The number of pyridine rings is 1. The van der Waals surface area contributed by atoms with Crippen LogP contribution in [0.5, 0.6) is 5.75 Å². The van der Waals surface area contributed by atoms with Gasteiger partial charge in [0, 0.05) is 11.6 Å². The van der Waals surface area contributed by atoms with Gasteiger partial charge in [-0.2, -0.15) is 0 Å². The molecule has 0 unspecified atom stereocenters. The van der Waals surface area contributed by atoms with Crippen LogP contribution in [0.1, 0.15) is 12.8 Å². The number of carbonyl (C=O) groups is 1. The molecule has 0 saturated heterocycles. The van der Waals surface area contributed by atoms with Crippen molar-refractivity contribution in [2.24, 2.45) is 17.8 Å². The van der Waals surface area contributed by atoms with Crippen LogP contribution in [-0.4, -0.2) is 22.2 Å². The SMILES string of the molecule is O=C(O)[C@H]1[C@@H]2C[C@H](Oc3ccnc4ccc(F)cc34)C[C@@H]21. The Bertz CT molecular complexity index is 721. The summed E-state index contributed by atoms with van der Waals surface area (Å²) in [5.41, 5.74) is 0.695. The van der Waals surface area contributed by atoms with Gasteiger partial charge in [-0.05, 0) is 48.9 Å². The fraction of sp³-hybridized carbons (Fsp3) is 0.375. The second-order valence-corrected chi connectivity index (χ2v) is 5.87. The van der Waals surface area contributed by atoms with Gasteiger partial charge in [0.1, 0.15) is 11.6 Å². The van der Waals surface area contributed by atoms with Crippen LogP contribution in [-0.2, 0) is 4.79 Å². The van der Waals surface area contributed by atoms with Crippen LogP contribution in [0.3, 0.4) is 0 Å². The maximum Gasteiger partial charge on any atom is 0.307 e. The minimum atomic E-state index is -0.695. The van der Waals surface area contributed by atoms with Crippen LogP contribution in [0.15, 0.2) is 30.5 Å². The number of hydrogen-bond acceptors (Lipinski definition) is 3. The van der Waals surface area contributed by atoms with E-state index in [1.807, 2.05) is 0 Å². The molecule has 0 spiro atoms. The van der Waals surface area contributed by atoms with Gasteiger partial charge >= 0.3 is 5.97 Å². The van der Waals surface area contributed by atoms with Crippen molar-refractivity contribution in [2.45, 2.75) is 18.9 Å². The number of carboxylic acids is 1. The quantitative estimate of drug-likeness (QED) is 0.943. The third-order valence-electron chi connectivity index (χ3n) is 4.64. The van der Waals surface area contributed by atoms with Crippen molar-refractivity contribution in [3.8, 4) is 5.75 Å². The van der Waals surface area contributed by atoms with E-state index < -0.39 is 5.97 Å². The lowest BCUT2D eigenvalue weighted by atomic mass is 10.1. The Balaban J connectivity index is 1.54. The molecule has 0 bridgehead atoms. The number of rotatable bonds is 3. The van der Waals surface area contributed by atoms with Crippen molar-refractivity contribution < 1.29 is 19.0 Å². The fourth-order valence-corrected chi connectivity index (χ4v) is 3.63. The smallest absolute Gasteiger partial charge is 0.307 e.